The summed E-state index contributed by atoms with van der Waals surface area (Å²) in [6.07, 6.45) is 0.376. The van der Waals surface area contributed by atoms with Crippen LogP contribution in [0.25, 0.3) is 0 Å². The minimum atomic E-state index is -0.556. The maximum atomic E-state index is 10.7. The molecule has 2 saturated heterocycles. The predicted molar refractivity (Wildman–Crippen MR) is 85.1 cm³/mol. The van der Waals surface area contributed by atoms with E-state index in [-0.39, 0.29) is 0 Å². The van der Waals surface area contributed by atoms with Crippen LogP contribution in [0.4, 0.5) is 0 Å². The number of hydrogen-bond donors (Lipinski definition) is 1. The Labute approximate surface area is 132 Å². The monoisotopic (exact) mass is 306 g/mol. The minimum Gasteiger partial charge on any atom is -0.496 e. The van der Waals surface area contributed by atoms with Crippen molar-refractivity contribution >= 4 is 0 Å². The lowest BCUT2D eigenvalue weighted by molar-refractivity contribution is -0.0952. The van der Waals surface area contributed by atoms with Crippen molar-refractivity contribution in [3.05, 3.63) is 29.3 Å². The fraction of sp³-hybridized carbons (Fsp3) is 0.647. The van der Waals surface area contributed by atoms with Gasteiger partial charge in [-0.15, -0.1) is 0 Å². The van der Waals surface area contributed by atoms with Crippen LogP contribution < -0.4 is 4.74 Å². The summed E-state index contributed by atoms with van der Waals surface area (Å²) in [6, 6.07) is 6.62. The molecule has 1 atom stereocenters. The van der Waals surface area contributed by atoms with Gasteiger partial charge in [-0.1, -0.05) is 19.1 Å². The van der Waals surface area contributed by atoms with Crippen LogP contribution in [-0.4, -0.2) is 67.5 Å². The molecule has 22 heavy (non-hydrogen) atoms. The average molecular weight is 306 g/mol. The van der Waals surface area contributed by atoms with Gasteiger partial charge in [-0.25, -0.2) is 0 Å². The van der Waals surface area contributed by atoms with E-state index >= 15 is 0 Å². The smallest absolute Gasteiger partial charge is 0.133 e. The van der Waals surface area contributed by atoms with Gasteiger partial charge in [0.2, 0.25) is 0 Å². The number of piperazine rings is 1. The Morgan fingerprint density at radius 1 is 1.27 bits per heavy atom. The van der Waals surface area contributed by atoms with E-state index in [0.717, 1.165) is 57.1 Å². The Balaban J connectivity index is 1.62. The molecule has 2 fully saturated rings. The lowest BCUT2D eigenvalue weighted by Crippen LogP contribution is -2.56. The number of aliphatic hydroxyl groups excluding tert-OH is 1. The van der Waals surface area contributed by atoms with Gasteiger partial charge in [-0.05, 0) is 23.6 Å². The highest BCUT2D eigenvalue weighted by Crippen LogP contribution is 2.27. The molecule has 3 rings (SSSR count). The number of hydrogen-bond acceptors (Lipinski definition) is 5. The van der Waals surface area contributed by atoms with Crippen LogP contribution in [0.3, 0.4) is 0 Å². The molecule has 122 valence electrons. The molecule has 1 N–H and O–H groups in total. The van der Waals surface area contributed by atoms with Crippen LogP contribution in [0.15, 0.2) is 18.2 Å². The molecule has 5 heteroatoms. The maximum Gasteiger partial charge on any atom is 0.133 e. The topological polar surface area (TPSA) is 45.2 Å². The second kappa shape index (κ2) is 6.96. The van der Waals surface area contributed by atoms with E-state index in [1.807, 2.05) is 12.1 Å². The zero-order valence-electron chi connectivity index (χ0n) is 13.5. The van der Waals surface area contributed by atoms with E-state index in [9.17, 15) is 5.11 Å². The Bertz CT molecular complexity index is 497. The van der Waals surface area contributed by atoms with Gasteiger partial charge in [-0.3, -0.25) is 9.80 Å². The summed E-state index contributed by atoms with van der Waals surface area (Å²) in [4.78, 5) is 4.60. The molecule has 0 spiro atoms. The van der Waals surface area contributed by atoms with Crippen molar-refractivity contribution in [3.8, 4) is 5.75 Å². The van der Waals surface area contributed by atoms with Gasteiger partial charge >= 0.3 is 0 Å². The molecule has 5 nitrogen and oxygen atoms in total. The summed E-state index contributed by atoms with van der Waals surface area (Å²) < 4.78 is 10.7. The van der Waals surface area contributed by atoms with Crippen molar-refractivity contribution in [2.75, 3.05) is 46.5 Å². The van der Waals surface area contributed by atoms with Crippen LogP contribution in [-0.2, 0) is 11.2 Å². The summed E-state index contributed by atoms with van der Waals surface area (Å²) in [5.74, 6) is 0.865. The van der Waals surface area contributed by atoms with Gasteiger partial charge in [0.05, 0.1) is 26.4 Å². The zero-order chi connectivity index (χ0) is 15.5. The van der Waals surface area contributed by atoms with E-state index in [1.54, 1.807) is 7.11 Å². The standard InChI is InChI=1S/C17H26N2O3/c1-3-13-4-5-14(10-16(13)21-2)17(20)19-8-6-18(7-9-19)15-11-22-12-15/h4-5,10,15,17,20H,3,6-9,11-12H2,1-2H3. The SMILES string of the molecule is CCc1ccc(C(O)N2CCN(C3COC3)CC2)cc1OC. The molecule has 2 heterocycles. The van der Waals surface area contributed by atoms with Gasteiger partial charge in [0.1, 0.15) is 12.0 Å². The molecule has 0 aliphatic carbocycles. The van der Waals surface area contributed by atoms with Gasteiger partial charge < -0.3 is 14.6 Å². The second-order valence-electron chi connectivity index (χ2n) is 6.06. The maximum absolute atomic E-state index is 10.7. The molecule has 0 radical (unpaired) electrons. The molecule has 0 amide bonds. The van der Waals surface area contributed by atoms with Gasteiger partial charge in [0, 0.05) is 26.2 Å². The minimum absolute atomic E-state index is 0.556. The van der Waals surface area contributed by atoms with E-state index in [2.05, 4.69) is 22.8 Å². The highest BCUT2D eigenvalue weighted by atomic mass is 16.5. The second-order valence-corrected chi connectivity index (χ2v) is 6.06. The van der Waals surface area contributed by atoms with Crippen molar-refractivity contribution in [3.63, 3.8) is 0 Å². The summed E-state index contributed by atoms with van der Waals surface area (Å²) >= 11 is 0. The van der Waals surface area contributed by atoms with Crippen LogP contribution >= 0.6 is 0 Å². The largest absolute Gasteiger partial charge is 0.496 e. The number of benzene rings is 1. The van der Waals surface area contributed by atoms with Crippen LogP contribution in [0, 0.1) is 0 Å². The Morgan fingerprint density at radius 2 is 2.00 bits per heavy atom. The average Bonchev–Trinajstić information content (AvgIpc) is 2.52. The first-order chi connectivity index (χ1) is 10.7. The Hall–Kier alpha value is -1.14. The number of nitrogens with zero attached hydrogens (tertiary/aromatic N) is 2. The first-order valence-corrected chi connectivity index (χ1v) is 8.13. The summed E-state index contributed by atoms with van der Waals surface area (Å²) in [6.45, 7) is 7.59. The zero-order valence-corrected chi connectivity index (χ0v) is 13.5. The van der Waals surface area contributed by atoms with E-state index in [4.69, 9.17) is 9.47 Å². The van der Waals surface area contributed by atoms with Crippen molar-refractivity contribution in [1.29, 1.82) is 0 Å². The van der Waals surface area contributed by atoms with Crippen LogP contribution in [0.1, 0.15) is 24.3 Å². The predicted octanol–water partition coefficient (Wildman–Crippen LogP) is 1.26. The van der Waals surface area contributed by atoms with Gasteiger partial charge in [0.15, 0.2) is 0 Å². The molecular weight excluding hydrogens is 280 g/mol. The van der Waals surface area contributed by atoms with Gasteiger partial charge in [-0.2, -0.15) is 0 Å². The lowest BCUT2D eigenvalue weighted by atomic mass is 10.1. The van der Waals surface area contributed by atoms with E-state index in [1.165, 1.54) is 5.56 Å². The Morgan fingerprint density at radius 3 is 2.55 bits per heavy atom. The third-order valence-electron chi connectivity index (χ3n) is 4.82. The van der Waals surface area contributed by atoms with Crippen molar-refractivity contribution in [2.45, 2.75) is 25.6 Å². The fourth-order valence-electron chi connectivity index (χ4n) is 3.21. The molecular formula is C17H26N2O3. The number of aliphatic hydroxyl groups is 1. The molecule has 0 bridgehead atoms. The van der Waals surface area contributed by atoms with Crippen LogP contribution in [0.2, 0.25) is 0 Å². The highest BCUT2D eigenvalue weighted by molar-refractivity contribution is 5.38. The summed E-state index contributed by atoms with van der Waals surface area (Å²) in [5, 5.41) is 10.7. The number of methoxy groups -OCH3 is 1. The van der Waals surface area contributed by atoms with Crippen molar-refractivity contribution < 1.29 is 14.6 Å². The third kappa shape index (κ3) is 3.13. The first-order valence-electron chi connectivity index (χ1n) is 8.13. The quantitative estimate of drug-likeness (QED) is 0.887. The number of ether oxygens (including phenoxy) is 2. The molecule has 0 saturated carbocycles. The Kier molecular flexibility index (Phi) is 4.98. The number of aryl methyl sites for hydroxylation is 1. The molecule has 1 aromatic rings. The lowest BCUT2D eigenvalue weighted by Gasteiger charge is -2.43. The van der Waals surface area contributed by atoms with E-state index < -0.39 is 6.23 Å². The normalized spacial score (nSPS) is 22.3. The fourth-order valence-corrected chi connectivity index (χ4v) is 3.21. The third-order valence-corrected chi connectivity index (χ3v) is 4.82. The van der Waals surface area contributed by atoms with Crippen molar-refractivity contribution in [1.82, 2.24) is 9.80 Å². The van der Waals surface area contributed by atoms with Crippen LogP contribution in [0.5, 0.6) is 5.75 Å². The molecule has 0 aromatic heterocycles. The van der Waals surface area contributed by atoms with E-state index in [0.29, 0.717) is 6.04 Å². The summed E-state index contributed by atoms with van der Waals surface area (Å²) in [5.41, 5.74) is 2.09. The number of rotatable bonds is 5. The van der Waals surface area contributed by atoms with Gasteiger partial charge in [0.25, 0.3) is 0 Å². The molecule has 2 aliphatic heterocycles. The summed E-state index contributed by atoms with van der Waals surface area (Å²) in [7, 11) is 1.68. The van der Waals surface area contributed by atoms with Crippen molar-refractivity contribution in [2.24, 2.45) is 0 Å². The highest BCUT2D eigenvalue weighted by Gasteiger charge is 2.31. The molecule has 2 aliphatic rings. The first kappa shape index (κ1) is 15.7. The molecule has 1 unspecified atom stereocenters. The molecule has 1 aromatic carbocycles.